The molecule has 5 heteroatoms. The first-order valence-corrected chi connectivity index (χ1v) is 7.41. The van der Waals surface area contributed by atoms with Gasteiger partial charge >= 0.3 is 0 Å². The topological polar surface area (TPSA) is 59.8 Å². The number of carbonyl (C=O) groups is 1. The number of aromatic nitrogens is 3. The fraction of sp³-hybridized carbons (Fsp3) is 0.167. The van der Waals surface area contributed by atoms with Crippen molar-refractivity contribution in [1.29, 1.82) is 0 Å². The molecule has 0 aliphatic rings. The zero-order valence-corrected chi connectivity index (χ0v) is 13.2. The number of nitrogens with zero attached hydrogens (tertiary/aromatic N) is 3. The van der Waals surface area contributed by atoms with Gasteiger partial charge in [-0.3, -0.25) is 9.36 Å². The molecule has 2 heterocycles. The zero-order valence-electron chi connectivity index (χ0n) is 13.2. The van der Waals surface area contributed by atoms with Gasteiger partial charge in [0.25, 0.3) is 5.91 Å². The van der Waals surface area contributed by atoms with Crippen LogP contribution in [0.25, 0.3) is 5.82 Å². The number of benzene rings is 1. The minimum atomic E-state index is -0.0736. The second kappa shape index (κ2) is 6.44. The van der Waals surface area contributed by atoms with E-state index in [1.54, 1.807) is 18.7 Å². The fourth-order valence-electron chi connectivity index (χ4n) is 2.46. The second-order valence-electron chi connectivity index (χ2n) is 5.55. The lowest BCUT2D eigenvalue weighted by molar-refractivity contribution is 0.0950. The van der Waals surface area contributed by atoms with E-state index in [-0.39, 0.29) is 5.91 Å². The highest BCUT2D eigenvalue weighted by Gasteiger charge is 2.07. The van der Waals surface area contributed by atoms with Crippen molar-refractivity contribution in [2.24, 2.45) is 0 Å². The van der Waals surface area contributed by atoms with Crippen molar-refractivity contribution in [3.05, 3.63) is 77.5 Å². The Bertz CT molecular complexity index is 787. The van der Waals surface area contributed by atoms with Crippen LogP contribution in [-0.4, -0.2) is 20.4 Å². The van der Waals surface area contributed by atoms with Crippen LogP contribution in [0.1, 0.15) is 27.0 Å². The van der Waals surface area contributed by atoms with Gasteiger partial charge < -0.3 is 5.32 Å². The second-order valence-corrected chi connectivity index (χ2v) is 5.55. The van der Waals surface area contributed by atoms with Gasteiger partial charge in [-0.1, -0.05) is 23.3 Å². The lowest BCUT2D eigenvalue weighted by Crippen LogP contribution is -2.23. The first kappa shape index (κ1) is 15.0. The Labute approximate surface area is 135 Å². The van der Waals surface area contributed by atoms with Crippen LogP contribution in [-0.2, 0) is 6.54 Å². The quantitative estimate of drug-likeness (QED) is 0.806. The molecule has 5 nitrogen and oxygen atoms in total. The highest BCUT2D eigenvalue weighted by molar-refractivity contribution is 5.94. The highest BCUT2D eigenvalue weighted by Crippen LogP contribution is 2.09. The number of hydrogen-bond acceptors (Lipinski definition) is 3. The SMILES string of the molecule is Cc1cc(C)cc(C(=O)NCc2ccc(-n3ccnc3)nc2)c1. The van der Waals surface area contributed by atoms with E-state index in [1.807, 2.05) is 48.9 Å². The Morgan fingerprint density at radius 3 is 2.57 bits per heavy atom. The normalized spacial score (nSPS) is 10.5. The van der Waals surface area contributed by atoms with Gasteiger partial charge in [0.05, 0.1) is 0 Å². The molecule has 1 aromatic carbocycles. The van der Waals surface area contributed by atoms with Gasteiger partial charge in [-0.05, 0) is 37.6 Å². The van der Waals surface area contributed by atoms with Crippen molar-refractivity contribution in [2.75, 3.05) is 0 Å². The van der Waals surface area contributed by atoms with Gasteiger partial charge in [0.2, 0.25) is 0 Å². The lowest BCUT2D eigenvalue weighted by atomic mass is 10.1. The average Bonchev–Trinajstić information content (AvgIpc) is 3.06. The van der Waals surface area contributed by atoms with Crippen LogP contribution < -0.4 is 5.32 Å². The maximum atomic E-state index is 12.2. The Morgan fingerprint density at radius 2 is 1.96 bits per heavy atom. The maximum absolute atomic E-state index is 12.2. The fourth-order valence-corrected chi connectivity index (χ4v) is 2.46. The van der Waals surface area contributed by atoms with E-state index in [1.165, 1.54) is 0 Å². The molecule has 0 aliphatic heterocycles. The summed E-state index contributed by atoms with van der Waals surface area (Å²) in [6.07, 6.45) is 7.00. The van der Waals surface area contributed by atoms with E-state index < -0.39 is 0 Å². The number of aryl methyl sites for hydroxylation is 2. The number of imidazole rings is 1. The predicted octanol–water partition coefficient (Wildman–Crippen LogP) is 2.81. The molecule has 2 aromatic heterocycles. The molecule has 0 atom stereocenters. The molecule has 1 amide bonds. The molecule has 0 fully saturated rings. The van der Waals surface area contributed by atoms with Crippen LogP contribution in [0.2, 0.25) is 0 Å². The summed E-state index contributed by atoms with van der Waals surface area (Å²) < 4.78 is 1.83. The number of pyridine rings is 1. The molecular formula is C18H18N4O. The minimum Gasteiger partial charge on any atom is -0.348 e. The Kier molecular flexibility index (Phi) is 4.19. The molecule has 116 valence electrons. The summed E-state index contributed by atoms with van der Waals surface area (Å²) in [6.45, 7) is 4.42. The third-order valence-electron chi connectivity index (χ3n) is 3.52. The zero-order chi connectivity index (χ0) is 16.2. The molecule has 23 heavy (non-hydrogen) atoms. The van der Waals surface area contributed by atoms with E-state index in [0.717, 1.165) is 22.5 Å². The molecular weight excluding hydrogens is 288 g/mol. The van der Waals surface area contributed by atoms with Crippen molar-refractivity contribution in [2.45, 2.75) is 20.4 Å². The van der Waals surface area contributed by atoms with E-state index in [9.17, 15) is 4.79 Å². The standard InChI is InChI=1S/C18H18N4O/c1-13-7-14(2)9-16(8-13)18(23)21-11-15-3-4-17(20-10-15)22-6-5-19-12-22/h3-10,12H,11H2,1-2H3,(H,21,23). The third kappa shape index (κ3) is 3.63. The molecule has 3 aromatic rings. The Hall–Kier alpha value is -2.95. The summed E-state index contributed by atoms with van der Waals surface area (Å²) in [5.74, 6) is 0.724. The Morgan fingerprint density at radius 1 is 1.17 bits per heavy atom. The van der Waals surface area contributed by atoms with Crippen LogP contribution >= 0.6 is 0 Å². The van der Waals surface area contributed by atoms with Gasteiger partial charge in [-0.25, -0.2) is 9.97 Å². The summed E-state index contributed by atoms with van der Waals surface area (Å²) in [6, 6.07) is 9.69. The smallest absolute Gasteiger partial charge is 0.251 e. The van der Waals surface area contributed by atoms with Crippen LogP contribution in [0.15, 0.2) is 55.2 Å². The van der Waals surface area contributed by atoms with Crippen molar-refractivity contribution < 1.29 is 4.79 Å². The van der Waals surface area contributed by atoms with Crippen LogP contribution in [0.5, 0.6) is 0 Å². The molecule has 3 rings (SSSR count). The first-order valence-electron chi connectivity index (χ1n) is 7.41. The molecule has 0 unspecified atom stereocenters. The molecule has 0 aliphatic carbocycles. The molecule has 0 saturated carbocycles. The van der Waals surface area contributed by atoms with Crippen molar-refractivity contribution in [1.82, 2.24) is 19.9 Å². The Balaban J connectivity index is 1.65. The van der Waals surface area contributed by atoms with Crippen LogP contribution in [0.3, 0.4) is 0 Å². The monoisotopic (exact) mass is 306 g/mol. The predicted molar refractivity (Wildman–Crippen MR) is 88.4 cm³/mol. The number of hydrogen-bond donors (Lipinski definition) is 1. The number of carbonyl (C=O) groups excluding carboxylic acids is 1. The van der Waals surface area contributed by atoms with Crippen molar-refractivity contribution >= 4 is 5.91 Å². The van der Waals surface area contributed by atoms with Gasteiger partial charge in [0.15, 0.2) is 0 Å². The summed E-state index contributed by atoms with van der Waals surface area (Å²) in [5.41, 5.74) is 3.81. The minimum absolute atomic E-state index is 0.0736. The number of rotatable bonds is 4. The molecule has 0 saturated heterocycles. The number of amides is 1. The lowest BCUT2D eigenvalue weighted by Gasteiger charge is -2.08. The van der Waals surface area contributed by atoms with E-state index >= 15 is 0 Å². The largest absolute Gasteiger partial charge is 0.348 e. The molecule has 1 N–H and O–H groups in total. The van der Waals surface area contributed by atoms with Crippen LogP contribution in [0.4, 0.5) is 0 Å². The van der Waals surface area contributed by atoms with Crippen LogP contribution in [0, 0.1) is 13.8 Å². The van der Waals surface area contributed by atoms with E-state index in [4.69, 9.17) is 0 Å². The molecule has 0 radical (unpaired) electrons. The molecule has 0 spiro atoms. The summed E-state index contributed by atoms with van der Waals surface area (Å²) in [4.78, 5) is 20.6. The maximum Gasteiger partial charge on any atom is 0.251 e. The van der Waals surface area contributed by atoms with Gasteiger partial charge in [0.1, 0.15) is 12.1 Å². The van der Waals surface area contributed by atoms with Crippen molar-refractivity contribution in [3.8, 4) is 5.82 Å². The number of nitrogens with one attached hydrogen (secondary N) is 1. The summed E-state index contributed by atoms with van der Waals surface area (Å²) in [5, 5.41) is 2.93. The third-order valence-corrected chi connectivity index (χ3v) is 3.52. The molecule has 0 bridgehead atoms. The van der Waals surface area contributed by atoms with E-state index in [0.29, 0.717) is 12.1 Å². The summed E-state index contributed by atoms with van der Waals surface area (Å²) in [7, 11) is 0. The summed E-state index contributed by atoms with van der Waals surface area (Å²) >= 11 is 0. The van der Waals surface area contributed by atoms with Crippen molar-refractivity contribution in [3.63, 3.8) is 0 Å². The first-order chi connectivity index (χ1) is 11.1. The van der Waals surface area contributed by atoms with Gasteiger partial charge in [-0.15, -0.1) is 0 Å². The van der Waals surface area contributed by atoms with E-state index in [2.05, 4.69) is 21.4 Å². The average molecular weight is 306 g/mol. The van der Waals surface area contributed by atoms with Gasteiger partial charge in [0, 0.05) is 30.7 Å². The highest BCUT2D eigenvalue weighted by atomic mass is 16.1. The van der Waals surface area contributed by atoms with Gasteiger partial charge in [-0.2, -0.15) is 0 Å².